The number of rotatable bonds is 9. The number of piperidine rings is 1. The summed E-state index contributed by atoms with van der Waals surface area (Å²) in [6, 6.07) is 8.02. The monoisotopic (exact) mass is 451 g/mol. The summed E-state index contributed by atoms with van der Waals surface area (Å²) in [4.78, 5) is 15.9. The second-order valence-corrected chi connectivity index (χ2v) is 10.4. The Morgan fingerprint density at radius 3 is 2.42 bits per heavy atom. The van der Waals surface area contributed by atoms with Crippen LogP contribution in [0.15, 0.2) is 35.2 Å². The summed E-state index contributed by atoms with van der Waals surface area (Å²) >= 11 is 0. The fourth-order valence-corrected chi connectivity index (χ4v) is 6.52. The molecule has 1 amide bonds. The molecule has 0 aromatic heterocycles. The van der Waals surface area contributed by atoms with Gasteiger partial charge in [0.15, 0.2) is 0 Å². The molecule has 2 fully saturated rings. The van der Waals surface area contributed by atoms with Gasteiger partial charge in [-0.2, -0.15) is 4.31 Å². The zero-order valence-corrected chi connectivity index (χ0v) is 19.6. The Morgan fingerprint density at radius 1 is 1.10 bits per heavy atom. The number of ether oxygens (including phenoxy) is 1. The molecule has 2 heterocycles. The minimum atomic E-state index is -3.70. The zero-order valence-electron chi connectivity index (χ0n) is 18.8. The number of morpholine rings is 1. The molecule has 0 aliphatic carbocycles. The molecule has 2 atom stereocenters. The Bertz CT molecular complexity index is 792. The first-order valence-electron chi connectivity index (χ1n) is 11.7. The van der Waals surface area contributed by atoms with E-state index in [9.17, 15) is 13.2 Å². The van der Waals surface area contributed by atoms with Crippen molar-refractivity contribution in [3.8, 4) is 0 Å². The Balaban J connectivity index is 1.72. The van der Waals surface area contributed by atoms with Crippen LogP contribution in [0.5, 0.6) is 0 Å². The van der Waals surface area contributed by atoms with Crippen molar-refractivity contribution in [2.24, 2.45) is 5.92 Å². The van der Waals surface area contributed by atoms with Crippen molar-refractivity contribution in [3.63, 3.8) is 0 Å². The third-order valence-corrected chi connectivity index (χ3v) is 8.62. The van der Waals surface area contributed by atoms with Gasteiger partial charge in [-0.05, 0) is 30.9 Å². The first kappa shape index (κ1) is 24.2. The Morgan fingerprint density at radius 2 is 1.77 bits per heavy atom. The van der Waals surface area contributed by atoms with Gasteiger partial charge in [0.1, 0.15) is 6.04 Å². The quantitative estimate of drug-likeness (QED) is 0.624. The highest BCUT2D eigenvalue weighted by Crippen LogP contribution is 2.26. The molecule has 2 aliphatic rings. The maximum Gasteiger partial charge on any atom is 0.243 e. The van der Waals surface area contributed by atoms with Gasteiger partial charge in [-0.3, -0.25) is 9.69 Å². The van der Waals surface area contributed by atoms with Crippen molar-refractivity contribution in [2.75, 3.05) is 39.4 Å². The number of hydrogen-bond donors (Lipinski definition) is 1. The summed E-state index contributed by atoms with van der Waals surface area (Å²) in [6.07, 6.45) is 4.29. The number of carbonyl (C=O) groups excluding carboxylic acids is 1. The van der Waals surface area contributed by atoms with Crippen LogP contribution in [0.3, 0.4) is 0 Å². The van der Waals surface area contributed by atoms with E-state index < -0.39 is 16.1 Å². The molecule has 0 bridgehead atoms. The molecule has 1 N–H and O–H groups in total. The lowest BCUT2D eigenvalue weighted by Gasteiger charge is -2.39. The second-order valence-electron chi connectivity index (χ2n) is 8.48. The fourth-order valence-electron chi connectivity index (χ4n) is 4.84. The minimum Gasteiger partial charge on any atom is -0.379 e. The summed E-state index contributed by atoms with van der Waals surface area (Å²) in [7, 11) is -3.70. The van der Waals surface area contributed by atoms with Gasteiger partial charge >= 0.3 is 0 Å². The second kappa shape index (κ2) is 11.4. The maximum atomic E-state index is 13.2. The molecule has 174 valence electrons. The van der Waals surface area contributed by atoms with E-state index >= 15 is 0 Å². The van der Waals surface area contributed by atoms with Crippen LogP contribution < -0.4 is 5.32 Å². The van der Waals surface area contributed by atoms with Gasteiger partial charge in [0.2, 0.25) is 15.9 Å². The molecule has 2 saturated heterocycles. The molecule has 1 aromatic rings. The fraction of sp³-hybridized carbons (Fsp3) is 0.696. The van der Waals surface area contributed by atoms with Crippen molar-refractivity contribution in [2.45, 2.75) is 62.9 Å². The molecular formula is C23H37N3O4S. The maximum absolute atomic E-state index is 13.2. The van der Waals surface area contributed by atoms with Crippen molar-refractivity contribution >= 4 is 15.9 Å². The van der Waals surface area contributed by atoms with E-state index in [4.69, 9.17) is 4.74 Å². The van der Waals surface area contributed by atoms with Crippen molar-refractivity contribution in [3.05, 3.63) is 30.3 Å². The summed E-state index contributed by atoms with van der Waals surface area (Å²) in [5.41, 5.74) is 0. The molecule has 1 aromatic carbocycles. The van der Waals surface area contributed by atoms with Crippen molar-refractivity contribution in [1.29, 1.82) is 0 Å². The topological polar surface area (TPSA) is 79.0 Å². The van der Waals surface area contributed by atoms with E-state index in [1.807, 2.05) is 0 Å². The molecule has 2 unspecified atom stereocenters. The number of nitrogens with one attached hydrogen (secondary N) is 1. The van der Waals surface area contributed by atoms with Crippen LogP contribution in [0.2, 0.25) is 0 Å². The van der Waals surface area contributed by atoms with E-state index in [2.05, 4.69) is 24.1 Å². The largest absolute Gasteiger partial charge is 0.379 e. The number of sulfonamides is 1. The van der Waals surface area contributed by atoms with Crippen LogP contribution >= 0.6 is 0 Å². The summed E-state index contributed by atoms with van der Waals surface area (Å²) in [6.45, 7) is 8.49. The predicted molar refractivity (Wildman–Crippen MR) is 121 cm³/mol. The average Bonchev–Trinajstić information content (AvgIpc) is 2.82. The highest BCUT2D eigenvalue weighted by atomic mass is 32.2. The Hall–Kier alpha value is -1.48. The molecule has 0 radical (unpaired) electrons. The smallest absolute Gasteiger partial charge is 0.243 e. The average molecular weight is 452 g/mol. The van der Waals surface area contributed by atoms with Crippen LogP contribution in [0.4, 0.5) is 0 Å². The van der Waals surface area contributed by atoms with Gasteiger partial charge < -0.3 is 10.1 Å². The van der Waals surface area contributed by atoms with Crippen molar-refractivity contribution in [1.82, 2.24) is 14.5 Å². The summed E-state index contributed by atoms with van der Waals surface area (Å²) < 4.78 is 33.3. The van der Waals surface area contributed by atoms with Gasteiger partial charge in [-0.25, -0.2) is 8.42 Å². The lowest BCUT2D eigenvalue weighted by atomic mass is 9.92. The van der Waals surface area contributed by atoms with E-state index in [-0.39, 0.29) is 16.8 Å². The van der Waals surface area contributed by atoms with Gasteiger partial charge in [0, 0.05) is 32.2 Å². The van der Waals surface area contributed by atoms with E-state index in [0.29, 0.717) is 25.4 Å². The van der Waals surface area contributed by atoms with E-state index in [0.717, 1.165) is 52.0 Å². The third-order valence-electron chi connectivity index (χ3n) is 6.70. The molecule has 3 rings (SSSR count). The standard InChI is InChI=1S/C23H37N3O4S/c1-3-19(4-2)22(25-14-16-30-17-15-25)18-24-23(27)21-12-8-9-13-26(21)31(28,29)20-10-6-5-7-11-20/h5-7,10-11,19,21-22H,3-4,8-9,12-18H2,1-2H3,(H,24,27). The van der Waals surface area contributed by atoms with Gasteiger partial charge in [-0.15, -0.1) is 0 Å². The molecule has 2 aliphatic heterocycles. The lowest BCUT2D eigenvalue weighted by molar-refractivity contribution is -0.126. The third kappa shape index (κ3) is 5.86. The number of amides is 1. The molecule has 7 nitrogen and oxygen atoms in total. The normalized spacial score (nSPS) is 22.4. The lowest BCUT2D eigenvalue weighted by Crippen LogP contribution is -2.56. The van der Waals surface area contributed by atoms with Crippen LogP contribution in [-0.4, -0.2) is 75.0 Å². The predicted octanol–water partition coefficient (Wildman–Crippen LogP) is 2.48. The molecule has 0 saturated carbocycles. The number of nitrogens with zero attached hydrogens (tertiary/aromatic N) is 2. The van der Waals surface area contributed by atoms with Crippen molar-refractivity contribution < 1.29 is 17.9 Å². The minimum absolute atomic E-state index is 0.177. The first-order valence-corrected chi connectivity index (χ1v) is 13.1. The van der Waals surface area contributed by atoms with Crippen LogP contribution in [0.1, 0.15) is 46.0 Å². The SMILES string of the molecule is CCC(CC)C(CNC(=O)C1CCCCN1S(=O)(=O)c1ccccc1)N1CCOCC1. The van der Waals surface area contributed by atoms with E-state index in [1.165, 1.54) is 4.31 Å². The number of carbonyl (C=O) groups is 1. The van der Waals surface area contributed by atoms with Gasteiger partial charge in [0.05, 0.1) is 18.1 Å². The molecular weight excluding hydrogens is 414 g/mol. The zero-order chi connectivity index (χ0) is 22.3. The van der Waals surface area contributed by atoms with Crippen LogP contribution in [-0.2, 0) is 19.6 Å². The summed E-state index contributed by atoms with van der Waals surface area (Å²) in [5.74, 6) is 0.303. The van der Waals surface area contributed by atoms with Gasteiger partial charge in [0.25, 0.3) is 0 Å². The van der Waals surface area contributed by atoms with Crippen LogP contribution in [0.25, 0.3) is 0 Å². The molecule has 31 heavy (non-hydrogen) atoms. The number of benzene rings is 1. The molecule has 0 spiro atoms. The number of hydrogen-bond acceptors (Lipinski definition) is 5. The Labute approximate surface area is 187 Å². The Kier molecular flexibility index (Phi) is 8.89. The van der Waals surface area contributed by atoms with Gasteiger partial charge in [-0.1, -0.05) is 51.3 Å². The van der Waals surface area contributed by atoms with Crippen LogP contribution in [0, 0.1) is 5.92 Å². The highest BCUT2D eigenvalue weighted by Gasteiger charge is 2.38. The molecule has 8 heteroatoms. The summed E-state index contributed by atoms with van der Waals surface area (Å²) in [5, 5.41) is 3.12. The first-order chi connectivity index (χ1) is 15.0. The van der Waals surface area contributed by atoms with E-state index in [1.54, 1.807) is 30.3 Å². The highest BCUT2D eigenvalue weighted by molar-refractivity contribution is 7.89.